The molecule has 0 rings (SSSR count). The average Bonchev–Trinajstić information content (AvgIpc) is 2.79. The fourth-order valence-electron chi connectivity index (χ4n) is 0. The molecule has 180 valence electrons. The van der Waals surface area contributed by atoms with E-state index in [1.165, 1.54) is 77.0 Å². The summed E-state index contributed by atoms with van der Waals surface area (Å²) in [5.41, 5.74) is 0. The van der Waals surface area contributed by atoms with Gasteiger partial charge in [-0.1, -0.05) is 160 Å². The molecule has 0 saturated heterocycles. The summed E-state index contributed by atoms with van der Waals surface area (Å²) in [6, 6.07) is 0. The molecule has 0 unspecified atom stereocenters. The van der Waals surface area contributed by atoms with Crippen LogP contribution in [0.1, 0.15) is 160 Å². The fraction of sp³-hybridized carbons (Fsp3) is 0.857. The zero-order valence-electron chi connectivity index (χ0n) is 23.5. The summed E-state index contributed by atoms with van der Waals surface area (Å²) in [6.45, 7) is 26.2. The maximum Gasteiger partial charge on any atom is 0 e. The fourth-order valence-corrected chi connectivity index (χ4v) is 0. The third-order valence-corrected chi connectivity index (χ3v) is 3.06. The average molecular weight is 634 g/mol. The maximum atomic E-state index is 5.90. The predicted octanol–water partition coefficient (Wildman–Crippen LogP) is 10.2. The molecule has 0 bridgehead atoms. The van der Waals surface area contributed by atoms with Gasteiger partial charge < -0.3 is 0 Å². The molecule has 0 saturated carbocycles. The third kappa shape index (κ3) is 358. The van der Waals surface area contributed by atoms with E-state index in [2.05, 4.69) is 83.1 Å². The van der Waals surface area contributed by atoms with Crippen LogP contribution in [0.15, 0.2) is 0 Å². The van der Waals surface area contributed by atoms with Crippen molar-refractivity contribution < 1.29 is 0 Å². The minimum Gasteiger partial charge on any atom is 0 e. The van der Waals surface area contributed by atoms with Gasteiger partial charge in [0, 0.05) is 47.8 Å². The second kappa shape index (κ2) is 112. The molecule has 0 aromatic rings. The van der Waals surface area contributed by atoms with Crippen LogP contribution in [0.2, 0.25) is 0 Å². The Kier molecular flexibility index (Phi) is 216. The van der Waals surface area contributed by atoms with Gasteiger partial charge in [0.25, 0.3) is 0 Å². The Morgan fingerprint density at radius 3 is 0.467 bits per heavy atom. The van der Waals surface area contributed by atoms with Gasteiger partial charge in [-0.15, -0.1) is 0 Å². The zero-order chi connectivity index (χ0) is 23.9. The Morgan fingerprint density at radius 2 is 0.467 bits per heavy atom. The summed E-state index contributed by atoms with van der Waals surface area (Å²) < 4.78 is 0. The first-order chi connectivity index (χ1) is 13.4. The molecule has 0 aliphatic rings. The van der Waals surface area contributed by atoms with Crippen LogP contribution in [0.5, 0.6) is 0 Å². The maximum absolute atomic E-state index is 5.90. The first-order valence-electron chi connectivity index (χ1n) is 12.2. The summed E-state index contributed by atoms with van der Waals surface area (Å²) in [6.07, 6.45) is 27.6. The van der Waals surface area contributed by atoms with Gasteiger partial charge >= 0.3 is 24.7 Å². The van der Waals surface area contributed by atoms with Gasteiger partial charge in [0.05, 0.1) is 0 Å². The van der Waals surface area contributed by atoms with E-state index in [1.807, 2.05) is 0 Å². The molecule has 0 nitrogen and oxygen atoms in total. The minimum atomic E-state index is 0. The molecule has 0 atom stereocenters. The Bertz CT molecular complexity index is 157. The first-order valence-corrected chi connectivity index (χ1v) is 12.2. The SMILES string of the molecule is CCCC.CCCC.CCCC.CCCC.CCCC.CCCC.[C+]#CC#[C-].[Sn].[Sn]. The number of hydrogen-bond donors (Lipinski definition) is 0. The van der Waals surface area contributed by atoms with E-state index < -0.39 is 0 Å². The molecule has 0 aromatic heterocycles. The topological polar surface area (TPSA) is 0 Å². The van der Waals surface area contributed by atoms with Crippen molar-refractivity contribution in [3.8, 4) is 11.8 Å². The first kappa shape index (κ1) is 57.6. The second-order valence-electron chi connectivity index (χ2n) is 6.25. The van der Waals surface area contributed by atoms with E-state index in [9.17, 15) is 0 Å². The molecule has 0 spiro atoms. The Hall–Kier alpha value is 0.937. The molecular weight excluding hydrogens is 574 g/mol. The van der Waals surface area contributed by atoms with Gasteiger partial charge in [-0.25, -0.2) is 0 Å². The van der Waals surface area contributed by atoms with E-state index in [1.54, 1.807) is 11.8 Å². The number of hydrogen-bond acceptors (Lipinski definition) is 0. The van der Waals surface area contributed by atoms with Crippen LogP contribution in [0.3, 0.4) is 0 Å². The third-order valence-electron chi connectivity index (χ3n) is 3.06. The van der Waals surface area contributed by atoms with Crippen molar-refractivity contribution in [3.63, 3.8) is 0 Å². The predicted molar refractivity (Wildman–Crippen MR) is 149 cm³/mol. The number of unbranched alkanes of at least 4 members (excludes halogenated alkanes) is 6. The van der Waals surface area contributed by atoms with Crippen LogP contribution in [-0.2, 0) is 0 Å². The molecule has 0 aromatic carbocycles. The summed E-state index contributed by atoms with van der Waals surface area (Å²) in [7, 11) is 0. The van der Waals surface area contributed by atoms with Gasteiger partial charge in [0.2, 0.25) is 0 Å². The van der Waals surface area contributed by atoms with Gasteiger partial charge in [-0.05, 0) is 0 Å². The van der Waals surface area contributed by atoms with Crippen molar-refractivity contribution in [1.82, 2.24) is 0 Å². The molecule has 30 heavy (non-hydrogen) atoms. The Morgan fingerprint density at radius 1 is 0.400 bits per heavy atom. The number of rotatable bonds is 6. The van der Waals surface area contributed by atoms with Crippen LogP contribution < -0.4 is 0 Å². The smallest absolute Gasteiger partial charge is 0 e. The van der Waals surface area contributed by atoms with E-state index in [0.29, 0.717) is 0 Å². The quantitative estimate of drug-likeness (QED) is 0.155. The Balaban J connectivity index is -0.0000000242. The van der Waals surface area contributed by atoms with Gasteiger partial charge in [-0.2, -0.15) is 0 Å². The van der Waals surface area contributed by atoms with Crippen LogP contribution >= 0.6 is 0 Å². The van der Waals surface area contributed by atoms with Gasteiger partial charge in [0.15, 0.2) is 0 Å². The van der Waals surface area contributed by atoms with E-state index in [4.69, 9.17) is 12.8 Å². The molecular formula is C28H60Sn2. The van der Waals surface area contributed by atoms with Crippen molar-refractivity contribution in [1.29, 1.82) is 0 Å². The van der Waals surface area contributed by atoms with Gasteiger partial charge in [0.1, 0.15) is 0 Å². The second-order valence-corrected chi connectivity index (χ2v) is 6.25. The molecule has 8 radical (unpaired) electrons. The molecule has 0 fully saturated rings. The van der Waals surface area contributed by atoms with Crippen LogP contribution in [-0.4, -0.2) is 47.8 Å². The molecule has 0 heterocycles. The van der Waals surface area contributed by atoms with E-state index >= 15 is 0 Å². The normalized spacial score (nSPS) is 6.43. The van der Waals surface area contributed by atoms with Crippen LogP contribution in [0.4, 0.5) is 0 Å². The molecule has 0 aliphatic heterocycles. The van der Waals surface area contributed by atoms with Crippen molar-refractivity contribution in [3.05, 3.63) is 12.8 Å². The molecule has 0 amide bonds. The van der Waals surface area contributed by atoms with Crippen LogP contribution in [0.25, 0.3) is 0 Å². The standard InChI is InChI=1S/6C4H10.C4.2Sn/c7*1-3-4-2;;/h6*3-4H2,1-2H3;;;. The summed E-state index contributed by atoms with van der Waals surface area (Å²) >= 11 is 0. The molecule has 0 aliphatic carbocycles. The van der Waals surface area contributed by atoms with E-state index in [0.717, 1.165) is 0 Å². The monoisotopic (exact) mass is 636 g/mol. The largest absolute Gasteiger partial charge is 0 e. The van der Waals surface area contributed by atoms with Crippen molar-refractivity contribution >= 4 is 47.8 Å². The summed E-state index contributed by atoms with van der Waals surface area (Å²) in [4.78, 5) is 0. The van der Waals surface area contributed by atoms with Gasteiger partial charge in [-0.3, -0.25) is 0 Å². The summed E-state index contributed by atoms with van der Waals surface area (Å²) in [5.74, 6) is 3.19. The minimum absolute atomic E-state index is 0. The Labute approximate surface area is 231 Å². The van der Waals surface area contributed by atoms with E-state index in [-0.39, 0.29) is 47.8 Å². The molecule has 0 N–H and O–H groups in total. The van der Waals surface area contributed by atoms with Crippen LogP contribution in [0, 0.1) is 24.7 Å². The summed E-state index contributed by atoms with van der Waals surface area (Å²) in [5, 5.41) is 0. The van der Waals surface area contributed by atoms with Crippen molar-refractivity contribution in [2.45, 2.75) is 160 Å². The van der Waals surface area contributed by atoms with Crippen molar-refractivity contribution in [2.24, 2.45) is 0 Å². The zero-order valence-corrected chi connectivity index (χ0v) is 29.2. The van der Waals surface area contributed by atoms with Crippen molar-refractivity contribution in [2.75, 3.05) is 0 Å². The molecule has 2 heteroatoms.